The van der Waals surface area contributed by atoms with E-state index in [-0.39, 0.29) is 5.75 Å². The van der Waals surface area contributed by atoms with E-state index in [0.29, 0.717) is 11.0 Å². The standard InChI is InChI=1S/C7H5BrF3NO/c8-3-5-1-2-6(4-12-5)13-7(9,10)11/h1-2,4H,3H2. The smallest absolute Gasteiger partial charge is 0.404 e. The minimum Gasteiger partial charge on any atom is -0.404 e. The highest BCUT2D eigenvalue weighted by Gasteiger charge is 2.31. The van der Waals surface area contributed by atoms with Gasteiger partial charge < -0.3 is 4.74 Å². The number of hydrogen-bond donors (Lipinski definition) is 0. The van der Waals surface area contributed by atoms with Crippen molar-refractivity contribution in [2.24, 2.45) is 0 Å². The Kier molecular flexibility index (Phi) is 3.13. The molecule has 0 bridgehead atoms. The molecule has 0 aliphatic carbocycles. The minimum atomic E-state index is -4.66. The van der Waals surface area contributed by atoms with Gasteiger partial charge in [-0.1, -0.05) is 15.9 Å². The fourth-order valence-electron chi connectivity index (χ4n) is 0.684. The van der Waals surface area contributed by atoms with Crippen LogP contribution in [0.1, 0.15) is 5.69 Å². The molecule has 0 N–H and O–H groups in total. The lowest BCUT2D eigenvalue weighted by molar-refractivity contribution is -0.274. The first kappa shape index (κ1) is 10.3. The number of pyridine rings is 1. The predicted molar refractivity (Wildman–Crippen MR) is 43.6 cm³/mol. The molecule has 1 rings (SSSR count). The first-order chi connectivity index (χ1) is 6.01. The summed E-state index contributed by atoms with van der Waals surface area (Å²) in [4.78, 5) is 3.71. The van der Waals surface area contributed by atoms with Crippen molar-refractivity contribution in [3.8, 4) is 5.75 Å². The Balaban J connectivity index is 2.70. The monoisotopic (exact) mass is 255 g/mol. The van der Waals surface area contributed by atoms with E-state index in [2.05, 4.69) is 25.7 Å². The molecule has 0 amide bonds. The second-order valence-corrected chi connectivity index (χ2v) is 2.73. The third kappa shape index (κ3) is 3.63. The van der Waals surface area contributed by atoms with Gasteiger partial charge in [-0.3, -0.25) is 4.98 Å². The fraction of sp³-hybridized carbons (Fsp3) is 0.286. The molecule has 0 atom stereocenters. The second-order valence-electron chi connectivity index (χ2n) is 2.17. The molecule has 0 aromatic carbocycles. The van der Waals surface area contributed by atoms with Crippen molar-refractivity contribution in [2.45, 2.75) is 11.7 Å². The molecule has 13 heavy (non-hydrogen) atoms. The van der Waals surface area contributed by atoms with E-state index in [0.717, 1.165) is 6.20 Å². The maximum Gasteiger partial charge on any atom is 0.573 e. The molecular weight excluding hydrogens is 251 g/mol. The average molecular weight is 256 g/mol. The van der Waals surface area contributed by atoms with E-state index >= 15 is 0 Å². The highest BCUT2D eigenvalue weighted by Crippen LogP contribution is 2.21. The van der Waals surface area contributed by atoms with Crippen LogP contribution in [-0.4, -0.2) is 11.3 Å². The van der Waals surface area contributed by atoms with E-state index in [9.17, 15) is 13.2 Å². The summed E-state index contributed by atoms with van der Waals surface area (Å²) in [5.41, 5.74) is 0.648. The van der Waals surface area contributed by atoms with Crippen LogP contribution in [0, 0.1) is 0 Å². The molecule has 1 heterocycles. The third-order valence-electron chi connectivity index (χ3n) is 1.17. The Bertz CT molecular complexity index is 272. The Hall–Kier alpha value is -0.780. The van der Waals surface area contributed by atoms with Gasteiger partial charge in [-0.15, -0.1) is 13.2 Å². The van der Waals surface area contributed by atoms with Gasteiger partial charge in [0.25, 0.3) is 0 Å². The van der Waals surface area contributed by atoms with Crippen molar-refractivity contribution in [3.05, 3.63) is 24.0 Å². The second kappa shape index (κ2) is 3.95. The zero-order chi connectivity index (χ0) is 9.90. The van der Waals surface area contributed by atoms with Crippen molar-refractivity contribution in [1.29, 1.82) is 0 Å². The molecule has 0 spiro atoms. The number of alkyl halides is 4. The van der Waals surface area contributed by atoms with Crippen molar-refractivity contribution in [1.82, 2.24) is 4.98 Å². The van der Waals surface area contributed by atoms with Gasteiger partial charge in [-0.05, 0) is 12.1 Å². The third-order valence-corrected chi connectivity index (χ3v) is 1.74. The molecule has 1 aromatic heterocycles. The molecule has 0 aliphatic rings. The summed E-state index contributed by atoms with van der Waals surface area (Å²) in [6.07, 6.45) is -3.62. The van der Waals surface area contributed by atoms with Crippen LogP contribution in [0.3, 0.4) is 0 Å². The molecule has 6 heteroatoms. The normalized spacial score (nSPS) is 11.4. The fourth-order valence-corrected chi connectivity index (χ4v) is 1.02. The Morgan fingerprint density at radius 1 is 1.38 bits per heavy atom. The van der Waals surface area contributed by atoms with Gasteiger partial charge in [0.1, 0.15) is 5.75 Å². The quantitative estimate of drug-likeness (QED) is 0.759. The van der Waals surface area contributed by atoms with Gasteiger partial charge in [-0.25, -0.2) is 0 Å². The van der Waals surface area contributed by atoms with Crippen LogP contribution in [0.2, 0.25) is 0 Å². The lowest BCUT2D eigenvalue weighted by Crippen LogP contribution is -2.17. The average Bonchev–Trinajstić information content (AvgIpc) is 2.03. The maximum atomic E-state index is 11.7. The van der Waals surface area contributed by atoms with Crippen LogP contribution in [0.4, 0.5) is 13.2 Å². The molecule has 1 aromatic rings. The van der Waals surface area contributed by atoms with Gasteiger partial charge >= 0.3 is 6.36 Å². The van der Waals surface area contributed by atoms with Crippen LogP contribution >= 0.6 is 15.9 Å². The molecule has 0 fully saturated rings. The molecule has 0 aliphatic heterocycles. The van der Waals surface area contributed by atoms with Crippen LogP contribution in [0.15, 0.2) is 18.3 Å². The van der Waals surface area contributed by atoms with Crippen LogP contribution in [0.5, 0.6) is 5.75 Å². The van der Waals surface area contributed by atoms with Crippen molar-refractivity contribution < 1.29 is 17.9 Å². The lowest BCUT2D eigenvalue weighted by Gasteiger charge is -2.07. The number of hydrogen-bond acceptors (Lipinski definition) is 2. The largest absolute Gasteiger partial charge is 0.573 e. The molecule has 72 valence electrons. The summed E-state index contributed by atoms with van der Waals surface area (Å²) in [6, 6.07) is 2.67. The van der Waals surface area contributed by atoms with Gasteiger partial charge in [0.15, 0.2) is 0 Å². The predicted octanol–water partition coefficient (Wildman–Crippen LogP) is 2.88. The number of halogens is 4. The molecular formula is C7H5BrF3NO. The molecule has 2 nitrogen and oxygen atoms in total. The van der Waals surface area contributed by atoms with E-state index in [1.54, 1.807) is 0 Å². The molecule has 0 unspecified atom stereocenters. The number of rotatable bonds is 2. The summed E-state index contributed by atoms with van der Waals surface area (Å²) in [5, 5.41) is 0.499. The van der Waals surface area contributed by atoms with E-state index in [1.807, 2.05) is 0 Å². The minimum absolute atomic E-state index is 0.308. The zero-order valence-electron chi connectivity index (χ0n) is 6.31. The summed E-state index contributed by atoms with van der Waals surface area (Å²) in [5.74, 6) is -0.308. The number of ether oxygens (including phenoxy) is 1. The molecule has 0 saturated carbocycles. The van der Waals surface area contributed by atoms with Crippen molar-refractivity contribution in [2.75, 3.05) is 0 Å². The Morgan fingerprint density at radius 2 is 2.08 bits per heavy atom. The zero-order valence-corrected chi connectivity index (χ0v) is 7.89. The Morgan fingerprint density at radius 3 is 2.46 bits per heavy atom. The van der Waals surface area contributed by atoms with E-state index in [1.165, 1.54) is 12.1 Å². The number of aromatic nitrogens is 1. The van der Waals surface area contributed by atoms with Crippen LogP contribution in [0.25, 0.3) is 0 Å². The highest BCUT2D eigenvalue weighted by atomic mass is 79.9. The van der Waals surface area contributed by atoms with E-state index in [4.69, 9.17) is 0 Å². The lowest BCUT2D eigenvalue weighted by atomic mass is 10.4. The van der Waals surface area contributed by atoms with Crippen LogP contribution < -0.4 is 4.74 Å². The maximum absolute atomic E-state index is 11.7. The van der Waals surface area contributed by atoms with Gasteiger partial charge in [-0.2, -0.15) is 0 Å². The van der Waals surface area contributed by atoms with Gasteiger partial charge in [0.2, 0.25) is 0 Å². The van der Waals surface area contributed by atoms with Gasteiger partial charge in [0, 0.05) is 5.33 Å². The molecule has 0 saturated heterocycles. The first-order valence-corrected chi connectivity index (χ1v) is 4.40. The van der Waals surface area contributed by atoms with Crippen LogP contribution in [-0.2, 0) is 5.33 Å². The topological polar surface area (TPSA) is 22.1 Å². The highest BCUT2D eigenvalue weighted by molar-refractivity contribution is 9.08. The summed E-state index contributed by atoms with van der Waals surface area (Å²) < 4.78 is 38.6. The van der Waals surface area contributed by atoms with Crippen molar-refractivity contribution in [3.63, 3.8) is 0 Å². The summed E-state index contributed by atoms with van der Waals surface area (Å²) >= 11 is 3.12. The first-order valence-electron chi connectivity index (χ1n) is 3.28. The summed E-state index contributed by atoms with van der Waals surface area (Å²) in [7, 11) is 0. The number of nitrogens with zero attached hydrogens (tertiary/aromatic N) is 1. The Labute approximate surface area is 80.9 Å². The SMILES string of the molecule is FC(F)(F)Oc1ccc(CBr)nc1. The summed E-state index contributed by atoms with van der Waals surface area (Å²) in [6.45, 7) is 0. The van der Waals surface area contributed by atoms with Gasteiger partial charge in [0.05, 0.1) is 11.9 Å². The molecule has 0 radical (unpaired) electrons. The van der Waals surface area contributed by atoms with E-state index < -0.39 is 6.36 Å². The van der Waals surface area contributed by atoms with Crippen molar-refractivity contribution >= 4 is 15.9 Å².